The molecule has 0 saturated carbocycles. The summed E-state index contributed by atoms with van der Waals surface area (Å²) in [6.07, 6.45) is 4.56. The van der Waals surface area contributed by atoms with E-state index in [1.807, 2.05) is 0 Å². The van der Waals surface area contributed by atoms with Crippen LogP contribution in [0.4, 0.5) is 11.4 Å². The van der Waals surface area contributed by atoms with Crippen molar-refractivity contribution in [3.63, 3.8) is 0 Å². The molecule has 0 spiro atoms. The lowest BCUT2D eigenvalue weighted by Crippen LogP contribution is -2.33. The van der Waals surface area contributed by atoms with Crippen molar-refractivity contribution in [3.8, 4) is 0 Å². The SMILES string of the molecule is C1=CC(c2ccccc2)(c2ccccc2)c2ccccc2N1c1ccccc1. The van der Waals surface area contributed by atoms with Crippen molar-refractivity contribution in [1.29, 1.82) is 0 Å². The van der Waals surface area contributed by atoms with Crippen molar-refractivity contribution in [3.05, 3.63) is 144 Å². The zero-order chi connectivity index (χ0) is 18.8. The van der Waals surface area contributed by atoms with E-state index in [2.05, 4.69) is 132 Å². The van der Waals surface area contributed by atoms with E-state index in [-0.39, 0.29) is 5.41 Å². The number of fused-ring (bicyclic) bond motifs is 1. The monoisotopic (exact) mass is 359 g/mol. The topological polar surface area (TPSA) is 3.24 Å². The van der Waals surface area contributed by atoms with Crippen LogP contribution in [-0.2, 0) is 5.41 Å². The molecule has 0 aliphatic carbocycles. The maximum atomic E-state index is 2.34. The average Bonchev–Trinajstić information content (AvgIpc) is 2.80. The molecule has 1 heterocycles. The van der Waals surface area contributed by atoms with E-state index < -0.39 is 0 Å². The van der Waals surface area contributed by atoms with E-state index in [9.17, 15) is 0 Å². The van der Waals surface area contributed by atoms with Gasteiger partial charge in [0.25, 0.3) is 0 Å². The van der Waals surface area contributed by atoms with Crippen molar-refractivity contribution in [1.82, 2.24) is 0 Å². The van der Waals surface area contributed by atoms with Gasteiger partial charge >= 0.3 is 0 Å². The van der Waals surface area contributed by atoms with Crippen molar-refractivity contribution >= 4 is 11.4 Å². The normalized spacial score (nSPS) is 14.5. The van der Waals surface area contributed by atoms with Crippen LogP contribution in [0.3, 0.4) is 0 Å². The second-order valence-corrected chi connectivity index (χ2v) is 7.08. The van der Waals surface area contributed by atoms with Gasteiger partial charge in [-0.2, -0.15) is 0 Å². The van der Waals surface area contributed by atoms with Crippen LogP contribution in [0, 0.1) is 0 Å². The van der Waals surface area contributed by atoms with Gasteiger partial charge in [-0.3, -0.25) is 0 Å². The van der Waals surface area contributed by atoms with Crippen LogP contribution in [0.15, 0.2) is 128 Å². The first-order valence-corrected chi connectivity index (χ1v) is 9.64. The molecule has 4 aromatic rings. The molecule has 0 atom stereocenters. The Hall–Kier alpha value is -3.58. The van der Waals surface area contributed by atoms with Crippen molar-refractivity contribution in [2.75, 3.05) is 4.90 Å². The number of benzene rings is 4. The maximum absolute atomic E-state index is 2.34. The third-order valence-electron chi connectivity index (χ3n) is 5.55. The highest BCUT2D eigenvalue weighted by Crippen LogP contribution is 2.48. The summed E-state index contributed by atoms with van der Waals surface area (Å²) in [5.74, 6) is 0. The molecule has 0 amide bonds. The number of para-hydroxylation sites is 2. The van der Waals surface area contributed by atoms with Crippen LogP contribution in [0.25, 0.3) is 0 Å². The first-order valence-electron chi connectivity index (χ1n) is 9.64. The largest absolute Gasteiger partial charge is 0.317 e. The predicted octanol–water partition coefficient (Wildman–Crippen LogP) is 6.69. The summed E-state index contributed by atoms with van der Waals surface area (Å²) in [7, 11) is 0. The molecular formula is C27H21N. The van der Waals surface area contributed by atoms with Gasteiger partial charge in [-0.15, -0.1) is 0 Å². The Morgan fingerprint density at radius 1 is 0.500 bits per heavy atom. The molecule has 0 fully saturated rings. The minimum absolute atomic E-state index is 0.315. The summed E-state index contributed by atoms with van der Waals surface area (Å²) < 4.78 is 0. The quantitative estimate of drug-likeness (QED) is 0.394. The maximum Gasteiger partial charge on any atom is 0.0669 e. The van der Waals surface area contributed by atoms with Crippen LogP contribution in [0.1, 0.15) is 16.7 Å². The Kier molecular flexibility index (Phi) is 4.06. The van der Waals surface area contributed by atoms with Crippen LogP contribution < -0.4 is 4.90 Å². The van der Waals surface area contributed by atoms with Crippen molar-refractivity contribution in [2.45, 2.75) is 5.41 Å². The number of nitrogens with zero attached hydrogens (tertiary/aromatic N) is 1. The van der Waals surface area contributed by atoms with Gasteiger partial charge in [0, 0.05) is 11.9 Å². The molecule has 0 bridgehead atoms. The number of rotatable bonds is 3. The molecule has 28 heavy (non-hydrogen) atoms. The molecule has 0 unspecified atom stereocenters. The summed E-state index contributed by atoms with van der Waals surface area (Å²) in [6, 6.07) is 40.8. The predicted molar refractivity (Wildman–Crippen MR) is 117 cm³/mol. The molecule has 1 aliphatic rings. The second-order valence-electron chi connectivity index (χ2n) is 7.08. The van der Waals surface area contributed by atoms with E-state index in [1.54, 1.807) is 0 Å². The standard InChI is InChI=1S/C27H21N/c1-4-12-22(13-5-1)27(23-14-6-2-7-15-23)20-21-28(24-16-8-3-9-17-24)26-19-11-10-18-25(26)27/h1-21H. The van der Waals surface area contributed by atoms with E-state index in [1.165, 1.54) is 28.1 Å². The zero-order valence-corrected chi connectivity index (χ0v) is 15.6. The molecule has 4 aromatic carbocycles. The fraction of sp³-hybridized carbons (Fsp3) is 0.0370. The Morgan fingerprint density at radius 3 is 1.61 bits per heavy atom. The summed E-state index contributed by atoms with van der Waals surface area (Å²) in [4.78, 5) is 2.28. The van der Waals surface area contributed by atoms with Crippen molar-refractivity contribution in [2.24, 2.45) is 0 Å². The zero-order valence-electron chi connectivity index (χ0n) is 15.6. The van der Waals surface area contributed by atoms with Gasteiger partial charge in [-0.05, 0) is 41.0 Å². The van der Waals surface area contributed by atoms with Crippen LogP contribution in [-0.4, -0.2) is 0 Å². The molecule has 1 heteroatoms. The smallest absolute Gasteiger partial charge is 0.0669 e. The van der Waals surface area contributed by atoms with Crippen LogP contribution >= 0.6 is 0 Å². The Morgan fingerprint density at radius 2 is 1.00 bits per heavy atom. The van der Waals surface area contributed by atoms with Gasteiger partial charge in [-0.1, -0.05) is 97.1 Å². The third-order valence-corrected chi connectivity index (χ3v) is 5.55. The number of anilines is 2. The minimum atomic E-state index is -0.315. The first kappa shape index (κ1) is 16.6. The molecule has 1 nitrogen and oxygen atoms in total. The Labute approximate surface area is 166 Å². The van der Waals surface area contributed by atoms with Gasteiger partial charge in [0.15, 0.2) is 0 Å². The lowest BCUT2D eigenvalue weighted by Gasteiger charge is -2.40. The molecule has 0 aromatic heterocycles. The summed E-state index contributed by atoms with van der Waals surface area (Å²) in [5, 5.41) is 0. The molecule has 0 saturated heterocycles. The van der Waals surface area contributed by atoms with E-state index >= 15 is 0 Å². The highest BCUT2D eigenvalue weighted by Gasteiger charge is 2.39. The molecule has 0 N–H and O–H groups in total. The molecule has 0 radical (unpaired) electrons. The van der Waals surface area contributed by atoms with Crippen LogP contribution in [0.2, 0.25) is 0 Å². The van der Waals surface area contributed by atoms with Crippen molar-refractivity contribution < 1.29 is 0 Å². The van der Waals surface area contributed by atoms with Gasteiger partial charge < -0.3 is 4.90 Å². The minimum Gasteiger partial charge on any atom is -0.317 e. The van der Waals surface area contributed by atoms with E-state index in [0.29, 0.717) is 0 Å². The first-order chi connectivity index (χ1) is 13.9. The highest BCUT2D eigenvalue weighted by molar-refractivity contribution is 5.77. The van der Waals surface area contributed by atoms with Gasteiger partial charge in [0.2, 0.25) is 0 Å². The number of hydrogen-bond donors (Lipinski definition) is 0. The fourth-order valence-electron chi connectivity index (χ4n) is 4.26. The summed E-state index contributed by atoms with van der Waals surface area (Å²) in [5.41, 5.74) is 5.91. The number of hydrogen-bond acceptors (Lipinski definition) is 1. The third kappa shape index (κ3) is 2.56. The summed E-state index contributed by atoms with van der Waals surface area (Å²) >= 11 is 0. The van der Waals surface area contributed by atoms with Gasteiger partial charge in [0.05, 0.1) is 11.1 Å². The number of allylic oxidation sites excluding steroid dienone is 1. The van der Waals surface area contributed by atoms with E-state index in [4.69, 9.17) is 0 Å². The lowest BCUT2D eigenvalue weighted by atomic mass is 9.67. The molecule has 1 aliphatic heterocycles. The van der Waals surface area contributed by atoms with Gasteiger partial charge in [0.1, 0.15) is 0 Å². The van der Waals surface area contributed by atoms with Crippen LogP contribution in [0.5, 0.6) is 0 Å². The van der Waals surface area contributed by atoms with Gasteiger partial charge in [-0.25, -0.2) is 0 Å². The molecule has 5 rings (SSSR count). The second kappa shape index (κ2) is 6.86. The molecule has 134 valence electrons. The lowest BCUT2D eigenvalue weighted by molar-refractivity contribution is 0.762. The average molecular weight is 359 g/mol. The highest BCUT2D eigenvalue weighted by atomic mass is 15.1. The Bertz CT molecular complexity index is 1060. The Balaban J connectivity index is 1.80. The fourth-order valence-corrected chi connectivity index (χ4v) is 4.26. The molecular weight excluding hydrogens is 338 g/mol. The summed E-state index contributed by atoms with van der Waals surface area (Å²) in [6.45, 7) is 0. The van der Waals surface area contributed by atoms with E-state index in [0.717, 1.165) is 0 Å².